The minimum absolute atomic E-state index is 0.112. The van der Waals surface area contributed by atoms with Crippen molar-refractivity contribution in [3.05, 3.63) is 41.5 Å². The van der Waals surface area contributed by atoms with Gasteiger partial charge in [0.25, 0.3) is 0 Å². The normalized spacial score (nSPS) is 15.5. The Morgan fingerprint density at radius 1 is 1.21 bits per heavy atom. The van der Waals surface area contributed by atoms with Crippen molar-refractivity contribution in [2.45, 2.75) is 18.9 Å². The van der Waals surface area contributed by atoms with Gasteiger partial charge >= 0.3 is 12.0 Å². The van der Waals surface area contributed by atoms with Crippen molar-refractivity contribution in [3.8, 4) is 11.5 Å². The van der Waals surface area contributed by atoms with E-state index >= 15 is 0 Å². The lowest BCUT2D eigenvalue weighted by Gasteiger charge is -2.35. The number of H-pyrrole nitrogens is 1. The highest BCUT2D eigenvalue weighted by Gasteiger charge is 2.34. The van der Waals surface area contributed by atoms with E-state index in [-0.39, 0.29) is 25.0 Å². The molecule has 2 amide bonds. The molecule has 1 aliphatic heterocycles. The summed E-state index contributed by atoms with van der Waals surface area (Å²) in [6, 6.07) is 4.83. The molecule has 2 aromatic rings. The fraction of sp³-hybridized carbons (Fsp3) is 0.421. The van der Waals surface area contributed by atoms with Gasteiger partial charge in [0.05, 0.1) is 39.8 Å². The van der Waals surface area contributed by atoms with E-state index in [4.69, 9.17) is 9.47 Å². The Kier molecular flexibility index (Phi) is 6.03. The molecule has 0 saturated carbocycles. The molecule has 150 valence electrons. The number of fused-ring (bicyclic) bond motifs is 1. The van der Waals surface area contributed by atoms with Crippen LogP contribution in [0.3, 0.4) is 0 Å². The van der Waals surface area contributed by atoms with Crippen LogP contribution in [0, 0.1) is 0 Å². The molecule has 1 aromatic carbocycles. The maximum absolute atomic E-state index is 12.9. The van der Waals surface area contributed by atoms with E-state index in [0.29, 0.717) is 24.5 Å². The summed E-state index contributed by atoms with van der Waals surface area (Å²) in [5.74, 6) is 0.883. The van der Waals surface area contributed by atoms with Gasteiger partial charge in [-0.3, -0.25) is 4.79 Å². The second-order valence-corrected chi connectivity index (χ2v) is 6.32. The number of urea groups is 1. The van der Waals surface area contributed by atoms with Crippen LogP contribution in [0.15, 0.2) is 24.5 Å². The van der Waals surface area contributed by atoms with Crippen molar-refractivity contribution < 1.29 is 23.8 Å². The molecule has 2 heterocycles. The average Bonchev–Trinajstić information content (AvgIpc) is 3.20. The molecule has 9 heteroatoms. The smallest absolute Gasteiger partial charge is 0.318 e. The van der Waals surface area contributed by atoms with E-state index in [1.165, 1.54) is 7.11 Å². The second-order valence-electron chi connectivity index (χ2n) is 6.32. The van der Waals surface area contributed by atoms with Gasteiger partial charge in [-0.05, 0) is 17.7 Å². The van der Waals surface area contributed by atoms with Crippen LogP contribution in [0.4, 0.5) is 4.79 Å². The molecule has 3 rings (SSSR count). The summed E-state index contributed by atoms with van der Waals surface area (Å²) < 4.78 is 15.4. The lowest BCUT2D eigenvalue weighted by atomic mass is 9.95. The van der Waals surface area contributed by atoms with E-state index in [2.05, 4.69) is 20.0 Å². The summed E-state index contributed by atoms with van der Waals surface area (Å²) >= 11 is 0. The molecule has 0 spiro atoms. The zero-order chi connectivity index (χ0) is 20.1. The fourth-order valence-corrected chi connectivity index (χ4v) is 3.30. The molecular weight excluding hydrogens is 364 g/mol. The van der Waals surface area contributed by atoms with Crippen molar-refractivity contribution in [2.24, 2.45) is 0 Å². The van der Waals surface area contributed by atoms with Crippen LogP contribution in [-0.4, -0.2) is 61.3 Å². The number of aromatic amines is 1. The van der Waals surface area contributed by atoms with Gasteiger partial charge in [-0.2, -0.15) is 0 Å². The molecule has 1 aliphatic rings. The number of carbonyl (C=O) groups is 2. The Balaban J connectivity index is 1.90. The number of nitrogens with zero attached hydrogens (tertiary/aromatic N) is 2. The van der Waals surface area contributed by atoms with Crippen molar-refractivity contribution in [3.63, 3.8) is 0 Å². The van der Waals surface area contributed by atoms with Crippen LogP contribution >= 0.6 is 0 Å². The molecule has 0 bridgehead atoms. The highest BCUT2D eigenvalue weighted by Crippen LogP contribution is 2.36. The summed E-state index contributed by atoms with van der Waals surface area (Å²) in [5, 5.41) is 2.78. The monoisotopic (exact) mass is 388 g/mol. The zero-order valence-corrected chi connectivity index (χ0v) is 16.2. The number of rotatable bonds is 6. The minimum atomic E-state index is -0.405. The number of methoxy groups -OCH3 is 3. The number of hydrogen-bond acceptors (Lipinski definition) is 6. The van der Waals surface area contributed by atoms with Crippen molar-refractivity contribution in [1.29, 1.82) is 0 Å². The predicted molar refractivity (Wildman–Crippen MR) is 100 cm³/mol. The Morgan fingerprint density at radius 3 is 2.57 bits per heavy atom. The third-order valence-electron chi connectivity index (χ3n) is 4.71. The lowest BCUT2D eigenvalue weighted by Crippen LogP contribution is -2.46. The Labute approximate surface area is 163 Å². The summed E-state index contributed by atoms with van der Waals surface area (Å²) in [4.78, 5) is 33.4. The van der Waals surface area contributed by atoms with E-state index in [1.807, 2.05) is 12.1 Å². The summed E-state index contributed by atoms with van der Waals surface area (Å²) in [6.45, 7) is 0.701. The molecule has 0 fully saturated rings. The third kappa shape index (κ3) is 4.03. The SMILES string of the molecule is COC(=O)CCNC(=O)N1CCc2[nH]cnc2[C@H]1c1cc(OC)cc(OC)c1. The zero-order valence-electron chi connectivity index (χ0n) is 16.2. The van der Waals surface area contributed by atoms with Gasteiger partial charge in [-0.15, -0.1) is 0 Å². The van der Waals surface area contributed by atoms with Crippen LogP contribution in [-0.2, 0) is 16.0 Å². The van der Waals surface area contributed by atoms with Crippen molar-refractivity contribution in [1.82, 2.24) is 20.2 Å². The molecule has 1 atom stereocenters. The molecule has 0 radical (unpaired) electrons. The first-order chi connectivity index (χ1) is 13.6. The van der Waals surface area contributed by atoms with Gasteiger partial charge in [-0.1, -0.05) is 0 Å². The first kappa shape index (κ1) is 19.5. The van der Waals surface area contributed by atoms with Crippen LogP contribution in [0.2, 0.25) is 0 Å². The number of aromatic nitrogens is 2. The fourth-order valence-electron chi connectivity index (χ4n) is 3.30. The van der Waals surface area contributed by atoms with Gasteiger partial charge in [0, 0.05) is 31.3 Å². The number of hydrogen-bond donors (Lipinski definition) is 2. The first-order valence-corrected chi connectivity index (χ1v) is 8.93. The highest BCUT2D eigenvalue weighted by molar-refractivity contribution is 5.77. The third-order valence-corrected chi connectivity index (χ3v) is 4.71. The number of benzene rings is 1. The number of nitrogens with one attached hydrogen (secondary N) is 2. The highest BCUT2D eigenvalue weighted by atomic mass is 16.5. The summed E-state index contributed by atoms with van der Waals surface area (Å²) in [7, 11) is 4.48. The van der Waals surface area contributed by atoms with E-state index < -0.39 is 6.04 Å². The second kappa shape index (κ2) is 8.64. The molecule has 28 heavy (non-hydrogen) atoms. The van der Waals surface area contributed by atoms with Gasteiger partial charge in [-0.25, -0.2) is 9.78 Å². The Hall–Kier alpha value is -3.23. The molecule has 0 aliphatic carbocycles. The van der Waals surface area contributed by atoms with Gasteiger partial charge in [0.15, 0.2) is 0 Å². The quantitative estimate of drug-likeness (QED) is 0.729. The molecule has 2 N–H and O–H groups in total. The standard InChI is InChI=1S/C19H24N4O5/c1-26-13-8-12(9-14(10-13)27-2)18-17-15(21-11-22-17)5-7-23(18)19(25)20-6-4-16(24)28-3/h8-11,18H,4-7H2,1-3H3,(H,20,25)(H,21,22)/t18-/m1/s1. The largest absolute Gasteiger partial charge is 0.497 e. The van der Waals surface area contributed by atoms with Gasteiger partial charge in [0.2, 0.25) is 0 Å². The van der Waals surface area contributed by atoms with Crippen LogP contribution in [0.1, 0.15) is 29.4 Å². The molecule has 9 nitrogen and oxygen atoms in total. The molecule has 0 saturated heterocycles. The van der Waals surface area contributed by atoms with E-state index in [0.717, 1.165) is 17.0 Å². The van der Waals surface area contributed by atoms with E-state index in [1.54, 1.807) is 31.5 Å². The van der Waals surface area contributed by atoms with Gasteiger partial charge < -0.3 is 29.4 Å². The van der Waals surface area contributed by atoms with Crippen molar-refractivity contribution in [2.75, 3.05) is 34.4 Å². The number of ether oxygens (including phenoxy) is 3. The molecular formula is C19H24N4O5. The maximum atomic E-state index is 12.9. The summed E-state index contributed by atoms with van der Waals surface area (Å²) in [6.07, 6.45) is 2.41. The Bertz CT molecular complexity index is 828. The molecule has 1 aromatic heterocycles. The van der Waals surface area contributed by atoms with Crippen LogP contribution < -0.4 is 14.8 Å². The molecule has 0 unspecified atom stereocenters. The minimum Gasteiger partial charge on any atom is -0.497 e. The van der Waals surface area contributed by atoms with Crippen LogP contribution in [0.5, 0.6) is 11.5 Å². The Morgan fingerprint density at radius 2 is 1.93 bits per heavy atom. The topological polar surface area (TPSA) is 106 Å². The average molecular weight is 388 g/mol. The van der Waals surface area contributed by atoms with Gasteiger partial charge in [0.1, 0.15) is 17.5 Å². The number of imidazole rings is 1. The number of carbonyl (C=O) groups excluding carboxylic acids is 2. The number of esters is 1. The number of amides is 2. The van der Waals surface area contributed by atoms with Crippen LogP contribution in [0.25, 0.3) is 0 Å². The van der Waals surface area contributed by atoms with Crippen molar-refractivity contribution >= 4 is 12.0 Å². The first-order valence-electron chi connectivity index (χ1n) is 8.93. The summed E-state index contributed by atoms with van der Waals surface area (Å²) in [5.41, 5.74) is 2.60. The lowest BCUT2D eigenvalue weighted by molar-refractivity contribution is -0.140. The maximum Gasteiger partial charge on any atom is 0.318 e. The van der Waals surface area contributed by atoms with E-state index in [9.17, 15) is 9.59 Å². The predicted octanol–water partition coefficient (Wildman–Crippen LogP) is 1.65.